The quantitative estimate of drug-likeness (QED) is 0.336. The first kappa shape index (κ1) is 25.2. The molecule has 9 nitrogen and oxygen atoms in total. The number of hydrogen-bond donors (Lipinski definition) is 1. The minimum absolute atomic E-state index is 0.0603. The maximum absolute atomic E-state index is 13.7. The number of hydrogen-bond acceptors (Lipinski definition) is 5. The van der Waals surface area contributed by atoms with Gasteiger partial charge in [0.2, 0.25) is 0 Å². The average molecular weight is 500 g/mol. The molecule has 4 aromatic rings. The second kappa shape index (κ2) is 11.2. The van der Waals surface area contributed by atoms with Crippen molar-refractivity contribution in [3.8, 4) is 5.75 Å². The second-order valence-electron chi connectivity index (χ2n) is 8.17. The van der Waals surface area contributed by atoms with E-state index in [0.717, 1.165) is 13.7 Å². The lowest BCUT2D eigenvalue weighted by atomic mass is 9.98. The molecule has 0 atom stereocenters. The van der Waals surface area contributed by atoms with Gasteiger partial charge >= 0.3 is 23.0 Å². The molecular formula is C28H25N3O6. The van der Waals surface area contributed by atoms with Gasteiger partial charge in [-0.15, -0.1) is 6.58 Å². The van der Waals surface area contributed by atoms with Crippen LogP contribution in [0.4, 0.5) is 0 Å². The third-order valence-electron chi connectivity index (χ3n) is 5.82. The van der Waals surface area contributed by atoms with Crippen LogP contribution in [0.1, 0.15) is 27.5 Å². The largest absolute Gasteiger partial charge is 0.492 e. The molecule has 0 bridgehead atoms. The van der Waals surface area contributed by atoms with Gasteiger partial charge in [0.15, 0.2) is 0 Å². The summed E-state index contributed by atoms with van der Waals surface area (Å²) < 4.78 is 8.66. The molecule has 0 unspecified atom stereocenters. The van der Waals surface area contributed by atoms with Crippen LogP contribution < -0.4 is 21.8 Å². The van der Waals surface area contributed by atoms with Crippen LogP contribution in [0.3, 0.4) is 0 Å². The molecule has 4 rings (SSSR count). The summed E-state index contributed by atoms with van der Waals surface area (Å²) in [6, 6.07) is 23.2. The number of carboxylic acid groups (broad SMARTS) is 1. The number of aromatic nitrogens is 3. The third-order valence-corrected chi connectivity index (χ3v) is 5.82. The highest BCUT2D eigenvalue weighted by atomic mass is 16.5. The van der Waals surface area contributed by atoms with Crippen LogP contribution in [-0.2, 0) is 13.1 Å². The third kappa shape index (κ3) is 5.35. The van der Waals surface area contributed by atoms with Gasteiger partial charge in [-0.1, -0.05) is 66.7 Å². The van der Waals surface area contributed by atoms with Gasteiger partial charge in [-0.05, 0) is 35.4 Å². The van der Waals surface area contributed by atoms with E-state index in [1.54, 1.807) is 0 Å². The molecule has 0 aliphatic rings. The molecule has 0 aliphatic carbocycles. The molecule has 0 aliphatic heterocycles. The summed E-state index contributed by atoms with van der Waals surface area (Å²) in [4.78, 5) is 51.4. The Balaban J connectivity index is 1.78. The first-order chi connectivity index (χ1) is 17.9. The van der Waals surface area contributed by atoms with Gasteiger partial charge in [0.1, 0.15) is 12.4 Å². The molecule has 0 radical (unpaired) electrons. The number of rotatable bonds is 10. The molecule has 1 aromatic heterocycles. The van der Waals surface area contributed by atoms with Gasteiger partial charge in [-0.3, -0.25) is 0 Å². The SMILES string of the molecule is C=CCn1c(=O)n(CCOc2ccc(C(=O)O)cc2)c(=O)n(C(c2ccccc2)c2ccccc2)c1=O. The van der Waals surface area contributed by atoms with Gasteiger partial charge in [-0.25, -0.2) is 32.9 Å². The molecule has 3 aromatic carbocycles. The number of benzene rings is 3. The van der Waals surface area contributed by atoms with E-state index in [1.807, 2.05) is 60.7 Å². The summed E-state index contributed by atoms with van der Waals surface area (Å²) >= 11 is 0. The zero-order chi connectivity index (χ0) is 26.4. The minimum Gasteiger partial charge on any atom is -0.492 e. The number of allylic oxidation sites excluding steroid dienone is 1. The summed E-state index contributed by atoms with van der Waals surface area (Å²) in [5.74, 6) is -0.682. The Bertz CT molecular complexity index is 1530. The Kier molecular flexibility index (Phi) is 7.63. The van der Waals surface area contributed by atoms with Crippen LogP contribution in [0.15, 0.2) is 112 Å². The van der Waals surface area contributed by atoms with E-state index in [2.05, 4.69) is 6.58 Å². The molecule has 0 fully saturated rings. The van der Waals surface area contributed by atoms with Gasteiger partial charge in [0, 0.05) is 0 Å². The fourth-order valence-electron chi connectivity index (χ4n) is 4.06. The Hall–Kier alpha value is -4.92. The number of carboxylic acids is 1. The molecule has 0 saturated carbocycles. The van der Waals surface area contributed by atoms with Crippen LogP contribution in [0, 0.1) is 0 Å². The van der Waals surface area contributed by atoms with Crippen molar-refractivity contribution in [2.75, 3.05) is 6.61 Å². The lowest BCUT2D eigenvalue weighted by molar-refractivity contribution is 0.0697. The van der Waals surface area contributed by atoms with E-state index >= 15 is 0 Å². The standard InChI is InChI=1S/C28H25N3O6/c1-2-17-29-26(34)30(18-19-37-23-15-13-22(14-16-23)25(32)33)28(36)31(27(29)35)24(20-9-5-3-6-10-20)21-11-7-4-8-12-21/h2-16,24H,1,17-19H2,(H,32,33). The highest BCUT2D eigenvalue weighted by Gasteiger charge is 2.24. The molecule has 1 heterocycles. The van der Waals surface area contributed by atoms with E-state index in [0.29, 0.717) is 16.9 Å². The molecule has 0 amide bonds. The normalized spacial score (nSPS) is 10.8. The molecule has 0 saturated heterocycles. The lowest BCUT2D eigenvalue weighted by Crippen LogP contribution is -2.56. The van der Waals surface area contributed by atoms with Crippen molar-refractivity contribution in [1.82, 2.24) is 13.7 Å². The molecule has 37 heavy (non-hydrogen) atoms. The fraction of sp³-hybridized carbons (Fsp3) is 0.143. The Labute approximate surface area is 211 Å². The second-order valence-corrected chi connectivity index (χ2v) is 8.17. The monoisotopic (exact) mass is 499 g/mol. The summed E-state index contributed by atoms with van der Waals surface area (Å²) in [5.41, 5.74) is -0.755. The van der Waals surface area contributed by atoms with Crippen molar-refractivity contribution >= 4 is 5.97 Å². The Morgan fingerprint density at radius 2 is 1.35 bits per heavy atom. The van der Waals surface area contributed by atoms with E-state index in [4.69, 9.17) is 9.84 Å². The van der Waals surface area contributed by atoms with Crippen LogP contribution in [0.25, 0.3) is 0 Å². The van der Waals surface area contributed by atoms with Crippen molar-refractivity contribution in [2.24, 2.45) is 0 Å². The molecule has 0 spiro atoms. The van der Waals surface area contributed by atoms with Crippen LogP contribution in [0.5, 0.6) is 5.75 Å². The molecule has 188 valence electrons. The number of ether oxygens (including phenoxy) is 1. The highest BCUT2D eigenvalue weighted by Crippen LogP contribution is 2.24. The first-order valence-corrected chi connectivity index (χ1v) is 11.6. The highest BCUT2D eigenvalue weighted by molar-refractivity contribution is 5.87. The lowest BCUT2D eigenvalue weighted by Gasteiger charge is -2.22. The zero-order valence-corrected chi connectivity index (χ0v) is 19.9. The number of nitrogens with zero attached hydrogens (tertiary/aromatic N) is 3. The van der Waals surface area contributed by atoms with Crippen LogP contribution in [-0.4, -0.2) is 31.4 Å². The Morgan fingerprint density at radius 3 is 1.86 bits per heavy atom. The zero-order valence-electron chi connectivity index (χ0n) is 19.9. The van der Waals surface area contributed by atoms with Crippen LogP contribution >= 0.6 is 0 Å². The minimum atomic E-state index is -1.06. The predicted molar refractivity (Wildman–Crippen MR) is 138 cm³/mol. The Morgan fingerprint density at radius 1 is 0.811 bits per heavy atom. The van der Waals surface area contributed by atoms with E-state index < -0.39 is 29.1 Å². The van der Waals surface area contributed by atoms with Crippen molar-refractivity contribution in [2.45, 2.75) is 19.1 Å². The number of carbonyl (C=O) groups is 1. The predicted octanol–water partition coefficient (Wildman–Crippen LogP) is 2.77. The van der Waals surface area contributed by atoms with E-state index in [-0.39, 0.29) is 25.3 Å². The van der Waals surface area contributed by atoms with Gasteiger partial charge in [0.25, 0.3) is 0 Å². The van der Waals surface area contributed by atoms with Gasteiger partial charge in [-0.2, -0.15) is 0 Å². The van der Waals surface area contributed by atoms with Gasteiger partial charge in [0.05, 0.1) is 24.7 Å². The van der Waals surface area contributed by atoms with Crippen LogP contribution in [0.2, 0.25) is 0 Å². The van der Waals surface area contributed by atoms with E-state index in [1.165, 1.54) is 30.3 Å². The van der Waals surface area contributed by atoms with Crippen molar-refractivity contribution in [1.29, 1.82) is 0 Å². The van der Waals surface area contributed by atoms with Gasteiger partial charge < -0.3 is 9.84 Å². The first-order valence-electron chi connectivity index (χ1n) is 11.6. The molecule has 1 N–H and O–H groups in total. The summed E-state index contributed by atoms with van der Waals surface area (Å²) in [5, 5.41) is 9.04. The fourth-order valence-corrected chi connectivity index (χ4v) is 4.06. The van der Waals surface area contributed by atoms with Crippen molar-refractivity contribution in [3.05, 3.63) is 146 Å². The van der Waals surface area contributed by atoms with Crippen molar-refractivity contribution in [3.63, 3.8) is 0 Å². The summed E-state index contributed by atoms with van der Waals surface area (Å²) in [6.07, 6.45) is 1.42. The topological polar surface area (TPSA) is 113 Å². The number of aromatic carboxylic acids is 1. The maximum atomic E-state index is 13.7. The van der Waals surface area contributed by atoms with Crippen molar-refractivity contribution < 1.29 is 14.6 Å². The average Bonchev–Trinajstić information content (AvgIpc) is 2.92. The van der Waals surface area contributed by atoms with E-state index in [9.17, 15) is 19.2 Å². The molecular weight excluding hydrogens is 474 g/mol. The summed E-state index contributed by atoms with van der Waals surface area (Å²) in [7, 11) is 0. The molecule has 9 heteroatoms. The smallest absolute Gasteiger partial charge is 0.337 e. The maximum Gasteiger partial charge on any atom is 0.337 e. The summed E-state index contributed by atoms with van der Waals surface area (Å²) in [6.45, 7) is 3.37.